The predicted molar refractivity (Wildman–Crippen MR) is 75.8 cm³/mol. The number of ether oxygens (including phenoxy) is 2. The maximum absolute atomic E-state index is 9.48. The molecule has 0 radical (unpaired) electrons. The highest BCUT2D eigenvalue weighted by Crippen LogP contribution is 2.19. The van der Waals surface area contributed by atoms with Crippen LogP contribution in [0.4, 0.5) is 0 Å². The van der Waals surface area contributed by atoms with Crippen molar-refractivity contribution in [3.63, 3.8) is 0 Å². The van der Waals surface area contributed by atoms with Crippen molar-refractivity contribution in [3.8, 4) is 11.5 Å². The minimum Gasteiger partial charge on any atom is -0.497 e. The van der Waals surface area contributed by atoms with E-state index in [1.165, 1.54) is 0 Å². The first-order valence-corrected chi connectivity index (χ1v) is 6.37. The van der Waals surface area contributed by atoms with Gasteiger partial charge >= 0.3 is 0 Å². The van der Waals surface area contributed by atoms with Crippen LogP contribution in [0.15, 0.2) is 48.5 Å². The van der Waals surface area contributed by atoms with Crippen LogP contribution < -0.4 is 9.47 Å². The van der Waals surface area contributed by atoms with E-state index in [-0.39, 0.29) is 6.61 Å². The molecule has 2 aromatic rings. The third kappa shape index (κ3) is 3.73. The first-order chi connectivity index (χ1) is 9.72. The van der Waals surface area contributed by atoms with Gasteiger partial charge in [0.1, 0.15) is 24.2 Å². The molecule has 0 fully saturated rings. The standard InChI is InChI=1S/C16H18O4/c1-19-14-6-8-15(9-7-14)20-11-12-2-4-13(5-3-12)16(18)10-17/h2-9,16-18H,10-11H2,1H3. The normalized spacial score (nSPS) is 11.9. The summed E-state index contributed by atoms with van der Waals surface area (Å²) in [5.41, 5.74) is 1.69. The molecule has 20 heavy (non-hydrogen) atoms. The van der Waals surface area contributed by atoms with Gasteiger partial charge in [-0.2, -0.15) is 0 Å². The van der Waals surface area contributed by atoms with Crippen molar-refractivity contribution in [2.45, 2.75) is 12.7 Å². The van der Waals surface area contributed by atoms with Crippen LogP contribution in [0.2, 0.25) is 0 Å². The number of aliphatic hydroxyl groups excluding tert-OH is 2. The van der Waals surface area contributed by atoms with Gasteiger partial charge in [-0.1, -0.05) is 24.3 Å². The fourth-order valence-electron chi connectivity index (χ4n) is 1.78. The highest BCUT2D eigenvalue weighted by Gasteiger charge is 2.05. The molecule has 0 saturated carbocycles. The Morgan fingerprint density at radius 3 is 2.10 bits per heavy atom. The second-order valence-corrected chi connectivity index (χ2v) is 4.40. The molecule has 0 saturated heterocycles. The molecule has 0 spiro atoms. The summed E-state index contributed by atoms with van der Waals surface area (Å²) in [6.45, 7) is 0.170. The van der Waals surface area contributed by atoms with E-state index < -0.39 is 6.10 Å². The second kappa shape index (κ2) is 6.93. The third-order valence-electron chi connectivity index (χ3n) is 3.00. The number of methoxy groups -OCH3 is 1. The van der Waals surface area contributed by atoms with Crippen LogP contribution in [-0.4, -0.2) is 23.9 Å². The van der Waals surface area contributed by atoms with Gasteiger partial charge in [-0.15, -0.1) is 0 Å². The summed E-state index contributed by atoms with van der Waals surface area (Å²) in [6.07, 6.45) is -0.827. The number of hydrogen-bond acceptors (Lipinski definition) is 4. The summed E-state index contributed by atoms with van der Waals surface area (Å²) >= 11 is 0. The molecule has 0 aromatic heterocycles. The summed E-state index contributed by atoms with van der Waals surface area (Å²) in [4.78, 5) is 0. The lowest BCUT2D eigenvalue weighted by Gasteiger charge is -2.10. The van der Waals surface area contributed by atoms with E-state index in [1.807, 2.05) is 36.4 Å². The van der Waals surface area contributed by atoms with Gasteiger partial charge in [0.2, 0.25) is 0 Å². The van der Waals surface area contributed by atoms with Gasteiger partial charge in [0.15, 0.2) is 0 Å². The predicted octanol–water partition coefficient (Wildman–Crippen LogP) is 2.30. The summed E-state index contributed by atoms with van der Waals surface area (Å²) < 4.78 is 10.7. The SMILES string of the molecule is COc1ccc(OCc2ccc(C(O)CO)cc2)cc1. The Hall–Kier alpha value is -2.04. The molecule has 0 bridgehead atoms. The van der Waals surface area contributed by atoms with Crippen LogP contribution >= 0.6 is 0 Å². The van der Waals surface area contributed by atoms with E-state index in [9.17, 15) is 5.11 Å². The number of benzene rings is 2. The van der Waals surface area contributed by atoms with Crippen LogP contribution in [-0.2, 0) is 6.61 Å². The van der Waals surface area contributed by atoms with E-state index in [0.29, 0.717) is 12.2 Å². The Balaban J connectivity index is 1.93. The first-order valence-electron chi connectivity index (χ1n) is 6.37. The summed E-state index contributed by atoms with van der Waals surface area (Å²) in [7, 11) is 1.62. The molecule has 2 N–H and O–H groups in total. The van der Waals surface area contributed by atoms with Crippen LogP contribution in [0.3, 0.4) is 0 Å². The lowest BCUT2D eigenvalue weighted by atomic mass is 10.1. The monoisotopic (exact) mass is 274 g/mol. The number of aliphatic hydroxyl groups is 2. The smallest absolute Gasteiger partial charge is 0.120 e. The minimum absolute atomic E-state index is 0.276. The van der Waals surface area contributed by atoms with Crippen molar-refractivity contribution in [1.29, 1.82) is 0 Å². The van der Waals surface area contributed by atoms with Crippen molar-refractivity contribution < 1.29 is 19.7 Å². The van der Waals surface area contributed by atoms with Crippen LogP contribution in [0.5, 0.6) is 11.5 Å². The topological polar surface area (TPSA) is 58.9 Å². The van der Waals surface area contributed by atoms with Gasteiger partial charge in [-0.25, -0.2) is 0 Å². The van der Waals surface area contributed by atoms with Gasteiger partial charge in [-0.3, -0.25) is 0 Å². The van der Waals surface area contributed by atoms with Crippen LogP contribution in [0.1, 0.15) is 17.2 Å². The Kier molecular flexibility index (Phi) is 4.98. The van der Waals surface area contributed by atoms with Gasteiger partial charge in [-0.05, 0) is 35.4 Å². The van der Waals surface area contributed by atoms with E-state index >= 15 is 0 Å². The van der Waals surface area contributed by atoms with Gasteiger partial charge in [0.25, 0.3) is 0 Å². The summed E-state index contributed by atoms with van der Waals surface area (Å²) in [5.74, 6) is 1.56. The maximum Gasteiger partial charge on any atom is 0.120 e. The Morgan fingerprint density at radius 2 is 1.55 bits per heavy atom. The fraction of sp³-hybridized carbons (Fsp3) is 0.250. The molecular weight excluding hydrogens is 256 g/mol. The number of hydrogen-bond donors (Lipinski definition) is 2. The zero-order chi connectivity index (χ0) is 14.4. The molecule has 4 heteroatoms. The molecular formula is C16H18O4. The zero-order valence-corrected chi connectivity index (χ0v) is 11.3. The average molecular weight is 274 g/mol. The highest BCUT2D eigenvalue weighted by atomic mass is 16.5. The molecule has 0 aliphatic carbocycles. The average Bonchev–Trinajstić information content (AvgIpc) is 2.53. The Morgan fingerprint density at radius 1 is 0.950 bits per heavy atom. The van der Waals surface area contributed by atoms with Crippen LogP contribution in [0.25, 0.3) is 0 Å². The Labute approximate surface area is 118 Å². The van der Waals surface area contributed by atoms with Crippen molar-refractivity contribution in [3.05, 3.63) is 59.7 Å². The third-order valence-corrected chi connectivity index (χ3v) is 3.00. The van der Waals surface area contributed by atoms with E-state index in [2.05, 4.69) is 0 Å². The summed E-state index contributed by atoms with van der Waals surface area (Å²) in [6, 6.07) is 14.7. The molecule has 0 amide bonds. The van der Waals surface area contributed by atoms with Crippen molar-refractivity contribution in [1.82, 2.24) is 0 Å². The summed E-state index contributed by atoms with van der Waals surface area (Å²) in [5, 5.41) is 18.4. The van der Waals surface area contributed by atoms with E-state index in [1.54, 1.807) is 19.2 Å². The fourth-order valence-corrected chi connectivity index (χ4v) is 1.78. The molecule has 0 aliphatic heterocycles. The molecule has 0 heterocycles. The molecule has 0 aliphatic rings. The zero-order valence-electron chi connectivity index (χ0n) is 11.3. The molecule has 1 atom stereocenters. The molecule has 4 nitrogen and oxygen atoms in total. The molecule has 1 unspecified atom stereocenters. The minimum atomic E-state index is -0.827. The van der Waals surface area contributed by atoms with E-state index in [0.717, 1.165) is 17.1 Å². The second-order valence-electron chi connectivity index (χ2n) is 4.40. The number of rotatable bonds is 6. The van der Waals surface area contributed by atoms with Crippen molar-refractivity contribution >= 4 is 0 Å². The van der Waals surface area contributed by atoms with Crippen molar-refractivity contribution in [2.24, 2.45) is 0 Å². The van der Waals surface area contributed by atoms with Gasteiger partial charge in [0, 0.05) is 0 Å². The Bertz CT molecular complexity index is 519. The van der Waals surface area contributed by atoms with Gasteiger partial charge < -0.3 is 19.7 Å². The maximum atomic E-state index is 9.48. The quantitative estimate of drug-likeness (QED) is 0.848. The first kappa shape index (κ1) is 14.4. The molecule has 106 valence electrons. The van der Waals surface area contributed by atoms with E-state index in [4.69, 9.17) is 14.6 Å². The lowest BCUT2D eigenvalue weighted by Crippen LogP contribution is -2.02. The lowest BCUT2D eigenvalue weighted by molar-refractivity contribution is 0.0956. The molecule has 2 aromatic carbocycles. The highest BCUT2D eigenvalue weighted by molar-refractivity contribution is 5.31. The molecule has 2 rings (SSSR count). The van der Waals surface area contributed by atoms with Crippen molar-refractivity contribution in [2.75, 3.05) is 13.7 Å². The van der Waals surface area contributed by atoms with Crippen LogP contribution in [0, 0.1) is 0 Å². The van der Waals surface area contributed by atoms with Gasteiger partial charge in [0.05, 0.1) is 13.7 Å². The largest absolute Gasteiger partial charge is 0.497 e.